The number of nitrogens with one attached hydrogen (secondary N) is 1. The van der Waals surface area contributed by atoms with Crippen molar-refractivity contribution in [2.24, 2.45) is 0 Å². The number of anilines is 1. The van der Waals surface area contributed by atoms with Crippen LogP contribution in [0.3, 0.4) is 0 Å². The zero-order valence-electron chi connectivity index (χ0n) is 26.9. The molecule has 0 saturated carbocycles. The summed E-state index contributed by atoms with van der Waals surface area (Å²) in [7, 11) is -1.52. The summed E-state index contributed by atoms with van der Waals surface area (Å²) in [5.41, 5.74) is 0.762. The molecule has 46 heavy (non-hydrogen) atoms. The Balaban J connectivity index is 2.13. The molecule has 0 heterocycles. The highest BCUT2D eigenvalue weighted by molar-refractivity contribution is 7.92. The molecule has 0 spiro atoms. The first-order valence-electron chi connectivity index (χ1n) is 14.9. The molecule has 250 valence electrons. The molecule has 0 fully saturated rings. The van der Waals surface area contributed by atoms with E-state index in [9.17, 15) is 18.0 Å². The van der Waals surface area contributed by atoms with Gasteiger partial charge < -0.3 is 24.4 Å². The van der Waals surface area contributed by atoms with Crippen LogP contribution < -0.4 is 23.8 Å². The first kappa shape index (κ1) is 36.8. The number of nitrogens with zero attached hydrogens (tertiary/aromatic N) is 2. The maximum Gasteiger partial charge on any atom is 0.264 e. The molecule has 3 rings (SSSR count). The first-order valence-corrected chi connectivity index (χ1v) is 17.1. The average molecular weight is 695 g/mol. The maximum absolute atomic E-state index is 14.3. The van der Waals surface area contributed by atoms with Crippen molar-refractivity contribution in [3.63, 3.8) is 0 Å². The molecule has 10 nitrogen and oxygen atoms in total. The summed E-state index contributed by atoms with van der Waals surface area (Å²) in [6.07, 6.45) is 0.957. The fraction of sp³-hybridized carbons (Fsp3) is 0.394. The summed E-state index contributed by atoms with van der Waals surface area (Å²) in [5.74, 6) is 0.108. The van der Waals surface area contributed by atoms with Crippen LogP contribution in [0, 0.1) is 0 Å². The van der Waals surface area contributed by atoms with Crippen LogP contribution in [0.5, 0.6) is 17.2 Å². The number of sulfonamides is 1. The van der Waals surface area contributed by atoms with Gasteiger partial charge in [-0.05, 0) is 80.8 Å². The summed E-state index contributed by atoms with van der Waals surface area (Å²) in [5, 5.41) is 3.67. The minimum absolute atomic E-state index is 0.0607. The number of halogens is 2. The lowest BCUT2D eigenvalue weighted by molar-refractivity contribution is -0.140. The Morgan fingerprint density at radius 3 is 2.13 bits per heavy atom. The molecule has 0 radical (unpaired) electrons. The number of carbonyl (C=O) groups excluding carboxylic acids is 2. The van der Waals surface area contributed by atoms with Gasteiger partial charge >= 0.3 is 0 Å². The molecule has 13 heteroatoms. The molecule has 0 aromatic heterocycles. The van der Waals surface area contributed by atoms with E-state index in [4.69, 9.17) is 37.4 Å². The summed E-state index contributed by atoms with van der Waals surface area (Å²) in [4.78, 5) is 29.1. The Morgan fingerprint density at radius 1 is 0.891 bits per heavy atom. The molecule has 0 aliphatic heterocycles. The predicted octanol–water partition coefficient (Wildman–Crippen LogP) is 6.33. The number of hydrogen-bond donors (Lipinski definition) is 1. The van der Waals surface area contributed by atoms with E-state index >= 15 is 0 Å². The highest BCUT2D eigenvalue weighted by Crippen LogP contribution is 2.33. The Labute approximate surface area is 281 Å². The minimum Gasteiger partial charge on any atom is -0.494 e. The van der Waals surface area contributed by atoms with Crippen molar-refractivity contribution in [2.75, 3.05) is 31.7 Å². The number of ether oxygens (including phenoxy) is 3. The van der Waals surface area contributed by atoms with Crippen LogP contribution >= 0.6 is 23.2 Å². The average Bonchev–Trinajstić information content (AvgIpc) is 3.04. The highest BCUT2D eigenvalue weighted by atomic mass is 35.5. The normalized spacial score (nSPS) is 12.5. The molecule has 3 aromatic rings. The Hall–Kier alpha value is -3.67. The quantitative estimate of drug-likeness (QED) is 0.187. The Morgan fingerprint density at radius 2 is 1.57 bits per heavy atom. The Kier molecular flexibility index (Phi) is 13.4. The predicted molar refractivity (Wildman–Crippen MR) is 181 cm³/mol. The van der Waals surface area contributed by atoms with E-state index in [-0.39, 0.29) is 41.2 Å². The molecule has 0 unspecified atom stereocenters. The van der Waals surface area contributed by atoms with Gasteiger partial charge in [0.25, 0.3) is 10.0 Å². The molecule has 2 amide bonds. The summed E-state index contributed by atoms with van der Waals surface area (Å²) >= 11 is 12.6. The van der Waals surface area contributed by atoms with E-state index in [1.54, 1.807) is 49.4 Å². The minimum atomic E-state index is -4.36. The third kappa shape index (κ3) is 8.98. The molecule has 2 atom stereocenters. The van der Waals surface area contributed by atoms with Crippen molar-refractivity contribution in [1.29, 1.82) is 0 Å². The molecular formula is C33H41Cl2N3O7S. The second kappa shape index (κ2) is 16.8. The van der Waals surface area contributed by atoms with Crippen molar-refractivity contribution in [3.8, 4) is 17.2 Å². The van der Waals surface area contributed by atoms with E-state index in [1.165, 1.54) is 37.3 Å². The van der Waals surface area contributed by atoms with Gasteiger partial charge in [0.05, 0.1) is 31.4 Å². The molecule has 3 aromatic carbocycles. The van der Waals surface area contributed by atoms with Crippen molar-refractivity contribution >= 4 is 50.7 Å². The van der Waals surface area contributed by atoms with E-state index < -0.39 is 28.5 Å². The number of benzene rings is 3. The van der Waals surface area contributed by atoms with Crippen molar-refractivity contribution in [2.45, 2.75) is 64.1 Å². The van der Waals surface area contributed by atoms with Gasteiger partial charge in [-0.2, -0.15) is 0 Å². The number of carbonyl (C=O) groups is 2. The van der Waals surface area contributed by atoms with Crippen LogP contribution in [-0.2, 0) is 26.2 Å². The van der Waals surface area contributed by atoms with Gasteiger partial charge in [0.2, 0.25) is 11.8 Å². The Bertz CT molecular complexity index is 1600. The largest absolute Gasteiger partial charge is 0.494 e. The molecule has 0 bridgehead atoms. The van der Waals surface area contributed by atoms with Crippen LogP contribution in [0.15, 0.2) is 65.6 Å². The van der Waals surface area contributed by atoms with E-state index in [1.807, 2.05) is 20.8 Å². The highest BCUT2D eigenvalue weighted by Gasteiger charge is 2.34. The molecule has 0 saturated heterocycles. The second-order valence-electron chi connectivity index (χ2n) is 10.5. The zero-order valence-corrected chi connectivity index (χ0v) is 29.2. The smallest absolute Gasteiger partial charge is 0.264 e. The number of amides is 2. The fourth-order valence-electron chi connectivity index (χ4n) is 4.70. The number of rotatable bonds is 16. The molecule has 1 N–H and O–H groups in total. The number of hydrogen-bond acceptors (Lipinski definition) is 7. The van der Waals surface area contributed by atoms with Gasteiger partial charge in [0, 0.05) is 28.7 Å². The summed E-state index contributed by atoms with van der Waals surface area (Å²) < 4.78 is 45.8. The lowest BCUT2D eigenvalue weighted by Crippen LogP contribution is -2.53. The van der Waals surface area contributed by atoms with Crippen LogP contribution in [0.4, 0.5) is 5.69 Å². The SMILES string of the molecule is CCOc1ccc(N(CC(=O)N(Cc2ccc(Cl)cc2Cl)[C@H](CC)C(=O)N[C@@H](C)CC)S(=O)(=O)c2ccc(OC)c(OC)c2)cc1. The van der Waals surface area contributed by atoms with Gasteiger partial charge in [-0.3, -0.25) is 13.9 Å². The summed E-state index contributed by atoms with van der Waals surface area (Å²) in [6, 6.07) is 14.4. The van der Waals surface area contributed by atoms with Crippen molar-refractivity contribution in [1.82, 2.24) is 10.2 Å². The van der Waals surface area contributed by atoms with Gasteiger partial charge in [-0.15, -0.1) is 0 Å². The lowest BCUT2D eigenvalue weighted by Gasteiger charge is -2.34. The van der Waals surface area contributed by atoms with Gasteiger partial charge in [-0.25, -0.2) is 8.42 Å². The molecule has 0 aliphatic rings. The second-order valence-corrected chi connectivity index (χ2v) is 13.2. The van der Waals surface area contributed by atoms with Gasteiger partial charge in [0.15, 0.2) is 11.5 Å². The van der Waals surface area contributed by atoms with Crippen LogP contribution in [-0.4, -0.2) is 64.6 Å². The molecular weight excluding hydrogens is 653 g/mol. The van der Waals surface area contributed by atoms with Crippen LogP contribution in [0.1, 0.15) is 46.1 Å². The number of methoxy groups -OCH3 is 2. The maximum atomic E-state index is 14.3. The van der Waals surface area contributed by atoms with E-state index in [0.717, 1.165) is 4.31 Å². The van der Waals surface area contributed by atoms with Crippen molar-refractivity contribution in [3.05, 3.63) is 76.3 Å². The standard InChI is InChI=1S/C33H41Cl2N3O7S/c1-7-22(4)36-33(40)29(8-2)37(20-23-10-11-24(34)18-28(23)35)32(39)21-38(25-12-14-26(15-13-25)45-9-3)46(41,42)27-16-17-30(43-5)31(19-27)44-6/h10-19,22,29H,7-9,20-21H2,1-6H3,(H,36,40)/t22-,29+/m0/s1. The van der Waals surface area contributed by atoms with Crippen molar-refractivity contribution < 1.29 is 32.2 Å². The first-order chi connectivity index (χ1) is 21.9. The third-order valence-corrected chi connectivity index (χ3v) is 9.76. The van der Waals surface area contributed by atoms with E-state index in [0.29, 0.717) is 40.1 Å². The lowest BCUT2D eigenvalue weighted by atomic mass is 10.1. The van der Waals surface area contributed by atoms with E-state index in [2.05, 4.69) is 5.32 Å². The third-order valence-electron chi connectivity index (χ3n) is 7.40. The topological polar surface area (TPSA) is 114 Å². The van der Waals surface area contributed by atoms with Gasteiger partial charge in [-0.1, -0.05) is 43.1 Å². The van der Waals surface area contributed by atoms with Crippen LogP contribution in [0.2, 0.25) is 10.0 Å². The zero-order chi connectivity index (χ0) is 34.0. The summed E-state index contributed by atoms with van der Waals surface area (Å²) in [6.45, 7) is 7.17. The van der Waals surface area contributed by atoms with Crippen LogP contribution in [0.25, 0.3) is 0 Å². The fourth-order valence-corrected chi connectivity index (χ4v) is 6.60. The monoisotopic (exact) mass is 693 g/mol. The molecule has 0 aliphatic carbocycles. The van der Waals surface area contributed by atoms with Gasteiger partial charge in [0.1, 0.15) is 18.3 Å².